The molecule has 0 aliphatic heterocycles. The van der Waals surface area contributed by atoms with E-state index in [4.69, 9.17) is 0 Å². The van der Waals surface area contributed by atoms with Crippen LogP contribution in [0.4, 0.5) is 15.8 Å². The molecular formula is C22H22BrFN2O2S. The van der Waals surface area contributed by atoms with Gasteiger partial charge in [-0.2, -0.15) is 0 Å². The number of anilines is 2. The SMILES string of the molecule is Cc1c(NS(C)(=O)=O)cccc1N(Cc1ccccc1)Cc1ccc(Br)cc1F. The number of rotatable bonds is 7. The maximum absolute atomic E-state index is 14.5. The van der Waals surface area contributed by atoms with Gasteiger partial charge >= 0.3 is 0 Å². The lowest BCUT2D eigenvalue weighted by Crippen LogP contribution is -2.24. The van der Waals surface area contributed by atoms with Crippen LogP contribution in [0.2, 0.25) is 0 Å². The van der Waals surface area contributed by atoms with E-state index >= 15 is 0 Å². The minimum Gasteiger partial charge on any atom is -0.362 e. The van der Waals surface area contributed by atoms with Gasteiger partial charge in [0.2, 0.25) is 10.0 Å². The van der Waals surface area contributed by atoms with Crippen molar-refractivity contribution in [2.24, 2.45) is 0 Å². The van der Waals surface area contributed by atoms with E-state index in [1.807, 2.05) is 54.3 Å². The van der Waals surface area contributed by atoms with Crippen LogP contribution in [0.1, 0.15) is 16.7 Å². The normalized spacial score (nSPS) is 11.3. The molecule has 0 aromatic heterocycles. The Kier molecular flexibility index (Phi) is 6.59. The van der Waals surface area contributed by atoms with Crippen molar-refractivity contribution >= 4 is 37.3 Å². The Morgan fingerprint density at radius 3 is 2.38 bits per heavy atom. The van der Waals surface area contributed by atoms with Gasteiger partial charge in [-0.3, -0.25) is 4.72 Å². The van der Waals surface area contributed by atoms with Crippen molar-refractivity contribution in [3.05, 3.63) is 93.7 Å². The molecule has 1 N–H and O–H groups in total. The van der Waals surface area contributed by atoms with Crippen LogP contribution in [0.15, 0.2) is 71.2 Å². The van der Waals surface area contributed by atoms with E-state index in [0.717, 1.165) is 23.1 Å². The van der Waals surface area contributed by atoms with Crippen LogP contribution in [-0.4, -0.2) is 14.7 Å². The number of nitrogens with one attached hydrogen (secondary N) is 1. The molecule has 0 atom stereocenters. The van der Waals surface area contributed by atoms with Gasteiger partial charge in [0, 0.05) is 28.8 Å². The molecule has 7 heteroatoms. The Morgan fingerprint density at radius 1 is 1.00 bits per heavy atom. The Labute approximate surface area is 179 Å². The van der Waals surface area contributed by atoms with Crippen molar-refractivity contribution < 1.29 is 12.8 Å². The number of sulfonamides is 1. The lowest BCUT2D eigenvalue weighted by atomic mass is 10.1. The van der Waals surface area contributed by atoms with Crippen molar-refractivity contribution in [3.63, 3.8) is 0 Å². The Balaban J connectivity index is 2.02. The molecule has 3 aromatic carbocycles. The van der Waals surface area contributed by atoms with E-state index in [1.54, 1.807) is 18.2 Å². The first kappa shape index (κ1) is 21.3. The van der Waals surface area contributed by atoms with Crippen LogP contribution >= 0.6 is 15.9 Å². The summed E-state index contributed by atoms with van der Waals surface area (Å²) in [5.74, 6) is -0.291. The highest BCUT2D eigenvalue weighted by atomic mass is 79.9. The fourth-order valence-electron chi connectivity index (χ4n) is 3.16. The largest absolute Gasteiger partial charge is 0.362 e. The summed E-state index contributed by atoms with van der Waals surface area (Å²) in [6, 6.07) is 20.4. The molecule has 152 valence electrons. The monoisotopic (exact) mass is 476 g/mol. The smallest absolute Gasteiger partial charge is 0.229 e. The Hall–Kier alpha value is -2.38. The third-order valence-corrected chi connectivity index (χ3v) is 5.62. The Morgan fingerprint density at radius 2 is 1.72 bits per heavy atom. The maximum atomic E-state index is 14.5. The second-order valence-corrected chi connectivity index (χ2v) is 9.57. The molecule has 0 saturated carbocycles. The van der Waals surface area contributed by atoms with Gasteiger partial charge in [0.25, 0.3) is 0 Å². The van der Waals surface area contributed by atoms with E-state index in [2.05, 4.69) is 20.7 Å². The Bertz CT molecular complexity index is 1110. The molecule has 4 nitrogen and oxygen atoms in total. The first-order valence-corrected chi connectivity index (χ1v) is 11.7. The first-order chi connectivity index (χ1) is 13.7. The van der Waals surface area contributed by atoms with Crippen LogP contribution in [0.3, 0.4) is 0 Å². The van der Waals surface area contributed by atoms with Gasteiger partial charge in [0.05, 0.1) is 11.9 Å². The molecule has 0 aliphatic rings. The molecule has 0 saturated heterocycles. The summed E-state index contributed by atoms with van der Waals surface area (Å²) in [5.41, 5.74) is 3.77. The van der Waals surface area contributed by atoms with Gasteiger partial charge in [0.15, 0.2) is 0 Å². The zero-order valence-electron chi connectivity index (χ0n) is 16.2. The molecule has 0 heterocycles. The number of benzene rings is 3. The average Bonchev–Trinajstić information content (AvgIpc) is 2.65. The fraction of sp³-hybridized carbons (Fsp3) is 0.182. The number of halogens is 2. The lowest BCUT2D eigenvalue weighted by Gasteiger charge is -2.28. The summed E-state index contributed by atoms with van der Waals surface area (Å²) >= 11 is 3.29. The van der Waals surface area contributed by atoms with Gasteiger partial charge < -0.3 is 4.90 Å². The molecule has 0 amide bonds. The summed E-state index contributed by atoms with van der Waals surface area (Å²) < 4.78 is 41.2. The van der Waals surface area contributed by atoms with E-state index < -0.39 is 10.0 Å². The molecule has 3 aromatic rings. The zero-order valence-corrected chi connectivity index (χ0v) is 18.6. The molecule has 0 spiro atoms. The summed E-state index contributed by atoms with van der Waals surface area (Å²) in [6.45, 7) is 2.76. The molecule has 3 rings (SSSR count). The van der Waals surface area contributed by atoms with Crippen LogP contribution in [-0.2, 0) is 23.1 Å². The molecule has 0 radical (unpaired) electrons. The number of hydrogen-bond acceptors (Lipinski definition) is 3. The number of hydrogen-bond donors (Lipinski definition) is 1. The van der Waals surface area contributed by atoms with Gasteiger partial charge in [-0.05, 0) is 42.3 Å². The molecular weight excluding hydrogens is 455 g/mol. The van der Waals surface area contributed by atoms with E-state index in [9.17, 15) is 12.8 Å². The maximum Gasteiger partial charge on any atom is 0.229 e. The highest BCUT2D eigenvalue weighted by molar-refractivity contribution is 9.10. The summed E-state index contributed by atoms with van der Waals surface area (Å²) in [5, 5.41) is 0. The van der Waals surface area contributed by atoms with Crippen molar-refractivity contribution in [2.75, 3.05) is 15.9 Å². The van der Waals surface area contributed by atoms with Crippen molar-refractivity contribution in [2.45, 2.75) is 20.0 Å². The third-order valence-electron chi connectivity index (χ3n) is 4.53. The predicted molar refractivity (Wildman–Crippen MR) is 120 cm³/mol. The van der Waals surface area contributed by atoms with Crippen molar-refractivity contribution in [1.29, 1.82) is 0 Å². The van der Waals surface area contributed by atoms with Gasteiger partial charge in [-0.15, -0.1) is 0 Å². The molecule has 29 heavy (non-hydrogen) atoms. The minimum atomic E-state index is -3.41. The second-order valence-electron chi connectivity index (χ2n) is 6.90. The molecule has 0 bridgehead atoms. The number of nitrogens with zero attached hydrogens (tertiary/aromatic N) is 1. The average molecular weight is 477 g/mol. The standard InChI is InChI=1S/C22H22BrFN2O2S/c1-16-21(25-29(2,27)28)9-6-10-22(16)26(14-17-7-4-3-5-8-17)15-18-11-12-19(23)13-20(18)24/h3-13,25H,14-15H2,1-2H3. The van der Waals surface area contributed by atoms with E-state index in [1.165, 1.54) is 6.07 Å². The van der Waals surface area contributed by atoms with Crippen LogP contribution < -0.4 is 9.62 Å². The highest BCUT2D eigenvalue weighted by Gasteiger charge is 2.16. The third kappa shape index (κ3) is 5.81. The molecule has 0 aliphatic carbocycles. The second kappa shape index (κ2) is 8.97. The van der Waals surface area contributed by atoms with E-state index in [0.29, 0.717) is 28.8 Å². The summed E-state index contributed by atoms with van der Waals surface area (Å²) in [6.07, 6.45) is 1.12. The van der Waals surface area contributed by atoms with Crippen LogP contribution in [0, 0.1) is 12.7 Å². The van der Waals surface area contributed by atoms with Crippen molar-refractivity contribution in [1.82, 2.24) is 0 Å². The first-order valence-electron chi connectivity index (χ1n) is 9.03. The topological polar surface area (TPSA) is 49.4 Å². The van der Waals surface area contributed by atoms with Gasteiger partial charge in [-0.25, -0.2) is 12.8 Å². The fourth-order valence-corrected chi connectivity index (χ4v) is 4.12. The predicted octanol–water partition coefficient (Wildman–Crippen LogP) is 5.47. The van der Waals surface area contributed by atoms with Crippen LogP contribution in [0.5, 0.6) is 0 Å². The van der Waals surface area contributed by atoms with E-state index in [-0.39, 0.29) is 5.82 Å². The summed E-state index contributed by atoms with van der Waals surface area (Å²) in [7, 11) is -3.41. The van der Waals surface area contributed by atoms with Crippen LogP contribution in [0.25, 0.3) is 0 Å². The minimum absolute atomic E-state index is 0.291. The lowest BCUT2D eigenvalue weighted by molar-refractivity contribution is 0.602. The van der Waals surface area contributed by atoms with Gasteiger partial charge in [-0.1, -0.05) is 58.4 Å². The molecule has 0 unspecified atom stereocenters. The zero-order chi connectivity index (χ0) is 21.0. The molecule has 0 fully saturated rings. The van der Waals surface area contributed by atoms with Gasteiger partial charge in [0.1, 0.15) is 5.82 Å². The highest BCUT2D eigenvalue weighted by Crippen LogP contribution is 2.30. The van der Waals surface area contributed by atoms with Crippen molar-refractivity contribution in [3.8, 4) is 0 Å². The quantitative estimate of drug-likeness (QED) is 0.491. The summed E-state index contributed by atoms with van der Waals surface area (Å²) in [4.78, 5) is 2.05.